The number of aromatic nitrogens is 3. The Morgan fingerprint density at radius 2 is 2.11 bits per heavy atom. The maximum absolute atomic E-state index is 5.99. The van der Waals surface area contributed by atoms with Crippen LogP contribution in [0.5, 0.6) is 0 Å². The van der Waals surface area contributed by atoms with Gasteiger partial charge >= 0.3 is 0 Å². The van der Waals surface area contributed by atoms with Gasteiger partial charge in [0, 0.05) is 30.8 Å². The average Bonchev–Trinajstić information content (AvgIpc) is 2.79. The number of pyridine rings is 1. The van der Waals surface area contributed by atoms with Crippen LogP contribution in [-0.2, 0) is 10.3 Å². The molecule has 0 saturated carbocycles. The van der Waals surface area contributed by atoms with Crippen LogP contribution >= 0.6 is 0 Å². The van der Waals surface area contributed by atoms with Gasteiger partial charge in [-0.15, -0.1) is 0 Å². The van der Waals surface area contributed by atoms with E-state index in [0.29, 0.717) is 12.3 Å². The van der Waals surface area contributed by atoms with Gasteiger partial charge in [-0.05, 0) is 19.9 Å². The van der Waals surface area contributed by atoms with Crippen molar-refractivity contribution in [3.05, 3.63) is 31.0 Å². The molecule has 2 aromatic heterocycles. The molecule has 0 unspecified atom stereocenters. The monoisotopic (exact) mass is 246 g/mol. The molecule has 5 heteroatoms. The number of hydrogen-bond acceptors (Lipinski definition) is 4. The van der Waals surface area contributed by atoms with E-state index in [0.717, 1.165) is 11.3 Å². The number of nitrogens with zero attached hydrogens (tertiary/aromatic N) is 3. The molecule has 0 atom stereocenters. The summed E-state index contributed by atoms with van der Waals surface area (Å²) in [7, 11) is 1.69. The van der Waals surface area contributed by atoms with Crippen LogP contribution in [0.3, 0.4) is 0 Å². The molecule has 96 valence electrons. The van der Waals surface area contributed by atoms with Crippen LogP contribution in [0, 0.1) is 0 Å². The lowest BCUT2D eigenvalue weighted by molar-refractivity contribution is 0.110. The second kappa shape index (κ2) is 4.78. The van der Waals surface area contributed by atoms with Crippen LogP contribution < -0.4 is 5.73 Å². The molecular formula is C13H18N4O. The number of ether oxygens (including phenoxy) is 1. The maximum Gasteiger partial charge on any atom is 0.0956 e. The lowest BCUT2D eigenvalue weighted by Crippen LogP contribution is -2.31. The zero-order chi connectivity index (χ0) is 13.2. The largest absolute Gasteiger partial charge is 0.398 e. The van der Waals surface area contributed by atoms with E-state index >= 15 is 0 Å². The highest BCUT2D eigenvalue weighted by molar-refractivity contribution is 5.72. The van der Waals surface area contributed by atoms with Crippen LogP contribution in [0.15, 0.2) is 31.0 Å². The summed E-state index contributed by atoms with van der Waals surface area (Å²) >= 11 is 0. The molecule has 0 amide bonds. The highest BCUT2D eigenvalue weighted by Gasteiger charge is 2.23. The Morgan fingerprint density at radius 1 is 1.33 bits per heavy atom. The van der Waals surface area contributed by atoms with Crippen molar-refractivity contribution >= 4 is 5.69 Å². The summed E-state index contributed by atoms with van der Waals surface area (Å²) in [6.07, 6.45) is 7.02. The minimum absolute atomic E-state index is 0.192. The number of hydrogen-bond donors (Lipinski definition) is 1. The van der Waals surface area contributed by atoms with Gasteiger partial charge in [-0.1, -0.05) is 0 Å². The van der Waals surface area contributed by atoms with E-state index in [9.17, 15) is 0 Å². The van der Waals surface area contributed by atoms with Crippen molar-refractivity contribution in [2.24, 2.45) is 0 Å². The first kappa shape index (κ1) is 12.6. The summed E-state index contributed by atoms with van der Waals surface area (Å²) in [4.78, 5) is 8.33. The van der Waals surface area contributed by atoms with Gasteiger partial charge in [0.1, 0.15) is 0 Å². The van der Waals surface area contributed by atoms with Gasteiger partial charge < -0.3 is 15.0 Å². The van der Waals surface area contributed by atoms with E-state index in [2.05, 4.69) is 28.4 Å². The number of nitrogen functional groups attached to an aromatic ring is 1. The normalized spacial score (nSPS) is 11.7. The number of imidazole rings is 1. The first-order valence-corrected chi connectivity index (χ1v) is 5.78. The summed E-state index contributed by atoms with van der Waals surface area (Å²) in [5, 5.41) is 0. The third kappa shape index (κ3) is 2.22. The van der Waals surface area contributed by atoms with Crippen LogP contribution in [0.1, 0.15) is 13.8 Å². The summed E-state index contributed by atoms with van der Waals surface area (Å²) in [5.41, 5.74) is 8.32. The molecule has 0 fully saturated rings. The van der Waals surface area contributed by atoms with Crippen molar-refractivity contribution in [2.75, 3.05) is 19.5 Å². The Balaban J connectivity index is 2.49. The third-order valence-corrected chi connectivity index (χ3v) is 2.92. The quantitative estimate of drug-likeness (QED) is 0.895. The SMILES string of the molecule is COCC(C)(C)n1cncc1-c1cnccc1N. The molecular weight excluding hydrogens is 228 g/mol. The summed E-state index contributed by atoms with van der Waals surface area (Å²) in [5.74, 6) is 0. The summed E-state index contributed by atoms with van der Waals surface area (Å²) in [6, 6.07) is 1.79. The van der Waals surface area contributed by atoms with Crippen LogP contribution in [-0.4, -0.2) is 28.3 Å². The third-order valence-electron chi connectivity index (χ3n) is 2.92. The predicted molar refractivity (Wildman–Crippen MR) is 71.1 cm³/mol. The molecule has 0 aliphatic heterocycles. The van der Waals surface area contributed by atoms with Crippen LogP contribution in [0.4, 0.5) is 5.69 Å². The highest BCUT2D eigenvalue weighted by Crippen LogP contribution is 2.29. The number of nitrogens with two attached hydrogens (primary N) is 1. The molecule has 0 aliphatic carbocycles. The molecule has 2 rings (SSSR count). The fourth-order valence-electron chi connectivity index (χ4n) is 2.02. The molecule has 2 N–H and O–H groups in total. The Morgan fingerprint density at radius 3 is 2.78 bits per heavy atom. The smallest absolute Gasteiger partial charge is 0.0956 e. The Kier molecular flexibility index (Phi) is 3.34. The summed E-state index contributed by atoms with van der Waals surface area (Å²) in [6.45, 7) is 4.78. The number of rotatable bonds is 4. The van der Waals surface area contributed by atoms with Crippen molar-refractivity contribution in [3.8, 4) is 11.3 Å². The van der Waals surface area contributed by atoms with Gasteiger partial charge in [0.25, 0.3) is 0 Å². The maximum atomic E-state index is 5.99. The zero-order valence-electron chi connectivity index (χ0n) is 10.9. The lowest BCUT2D eigenvalue weighted by atomic mass is 10.0. The molecule has 0 spiro atoms. The van der Waals surface area contributed by atoms with Gasteiger partial charge in [0.05, 0.1) is 30.4 Å². The first-order chi connectivity index (χ1) is 8.56. The molecule has 2 aromatic rings. The second-order valence-electron chi connectivity index (χ2n) is 4.86. The van der Waals surface area contributed by atoms with E-state index in [-0.39, 0.29) is 5.54 Å². The van der Waals surface area contributed by atoms with E-state index < -0.39 is 0 Å². The van der Waals surface area contributed by atoms with Crippen molar-refractivity contribution in [3.63, 3.8) is 0 Å². The Bertz CT molecular complexity index is 533. The molecule has 0 bridgehead atoms. The van der Waals surface area contributed by atoms with E-state index in [1.165, 1.54) is 0 Å². The second-order valence-corrected chi connectivity index (χ2v) is 4.86. The molecule has 0 aromatic carbocycles. The van der Waals surface area contributed by atoms with E-state index in [1.54, 1.807) is 38.1 Å². The van der Waals surface area contributed by atoms with Gasteiger partial charge in [-0.3, -0.25) is 4.98 Å². The highest BCUT2D eigenvalue weighted by atomic mass is 16.5. The fraction of sp³-hybridized carbons (Fsp3) is 0.385. The molecule has 0 saturated heterocycles. The lowest BCUT2D eigenvalue weighted by Gasteiger charge is -2.28. The van der Waals surface area contributed by atoms with Crippen molar-refractivity contribution in [2.45, 2.75) is 19.4 Å². The van der Waals surface area contributed by atoms with Gasteiger partial charge in [-0.2, -0.15) is 0 Å². The molecule has 0 radical (unpaired) electrons. The summed E-state index contributed by atoms with van der Waals surface area (Å²) < 4.78 is 7.32. The minimum Gasteiger partial charge on any atom is -0.398 e. The molecule has 18 heavy (non-hydrogen) atoms. The van der Waals surface area contributed by atoms with E-state index in [4.69, 9.17) is 10.5 Å². The van der Waals surface area contributed by atoms with Gasteiger partial charge in [0.2, 0.25) is 0 Å². The van der Waals surface area contributed by atoms with Gasteiger partial charge in [-0.25, -0.2) is 4.98 Å². The first-order valence-electron chi connectivity index (χ1n) is 5.78. The van der Waals surface area contributed by atoms with Crippen molar-refractivity contribution < 1.29 is 4.74 Å². The Labute approximate surface area is 107 Å². The molecule has 2 heterocycles. The fourth-order valence-corrected chi connectivity index (χ4v) is 2.02. The van der Waals surface area contributed by atoms with Crippen molar-refractivity contribution in [1.82, 2.24) is 14.5 Å². The molecule has 5 nitrogen and oxygen atoms in total. The number of anilines is 1. The zero-order valence-corrected chi connectivity index (χ0v) is 10.9. The van der Waals surface area contributed by atoms with E-state index in [1.807, 2.05) is 0 Å². The standard InChI is InChI=1S/C13H18N4O/c1-13(2,8-18-3)17-9-16-7-12(17)10-6-15-5-4-11(10)14/h4-7,9H,8H2,1-3H3,(H2,14,15). The minimum atomic E-state index is -0.192. The van der Waals surface area contributed by atoms with Crippen molar-refractivity contribution in [1.29, 1.82) is 0 Å². The van der Waals surface area contributed by atoms with Gasteiger partial charge in [0.15, 0.2) is 0 Å². The average molecular weight is 246 g/mol. The van der Waals surface area contributed by atoms with Crippen LogP contribution in [0.2, 0.25) is 0 Å². The molecule has 0 aliphatic rings. The van der Waals surface area contributed by atoms with Crippen LogP contribution in [0.25, 0.3) is 11.3 Å². The topological polar surface area (TPSA) is 66.0 Å². The predicted octanol–water partition coefficient (Wildman–Crippen LogP) is 1.91. The number of methoxy groups -OCH3 is 1. The Hall–Kier alpha value is -1.88.